The number of hydrogen-bond acceptors (Lipinski definition) is 4. The summed E-state index contributed by atoms with van der Waals surface area (Å²) in [7, 11) is 0.513. The molecule has 1 aliphatic rings. The third-order valence-electron chi connectivity index (χ3n) is 3.02. The molecule has 96 valence electrons. The molecule has 0 N–H and O–H groups in total. The largest absolute Gasteiger partial charge is 0.415 e. The number of hydrogen-bond donors (Lipinski definition) is 0. The molecule has 1 aliphatic heterocycles. The van der Waals surface area contributed by atoms with Gasteiger partial charge in [-0.2, -0.15) is 0 Å². The van der Waals surface area contributed by atoms with Gasteiger partial charge in [0, 0.05) is 19.5 Å². The number of thiocarbonyl (C=S) groups is 1. The molecule has 2 unspecified atom stereocenters. The number of likely N-dealkylation sites (N-methyl/N-ethyl adjacent to an activating group) is 1. The Labute approximate surface area is 111 Å². The fourth-order valence-electron chi connectivity index (χ4n) is 1.86. The summed E-state index contributed by atoms with van der Waals surface area (Å²) >= 11 is 4.80. The van der Waals surface area contributed by atoms with Gasteiger partial charge in [0.1, 0.15) is 5.54 Å². The maximum atomic E-state index is 6.04. The Morgan fingerprint density at radius 2 is 2.24 bits per heavy atom. The van der Waals surface area contributed by atoms with Crippen LogP contribution >= 0.6 is 12.2 Å². The topological polar surface area (TPSA) is 24.8 Å². The fraction of sp³-hybridized carbons (Fsp3) is 0.750. The van der Waals surface area contributed by atoms with E-state index in [1.54, 1.807) is 0 Å². The van der Waals surface area contributed by atoms with Crippen LogP contribution in [0.4, 0.5) is 0 Å². The van der Waals surface area contributed by atoms with Crippen molar-refractivity contribution in [2.75, 3.05) is 20.2 Å². The second-order valence-corrected chi connectivity index (χ2v) is 10.4. The highest BCUT2D eigenvalue weighted by Gasteiger charge is 2.39. The summed E-state index contributed by atoms with van der Waals surface area (Å²) in [6.45, 7) is 10.2. The number of aliphatic imine (C=N–C) groups is 1. The van der Waals surface area contributed by atoms with Crippen LogP contribution in [-0.4, -0.2) is 44.1 Å². The predicted octanol–water partition coefficient (Wildman–Crippen LogP) is 2.77. The SMILES string of the molecule is CC1C=CN(C)CC1(CO[Si](C)(C)C)N=C=S. The monoisotopic (exact) mass is 270 g/mol. The average molecular weight is 270 g/mol. The van der Waals surface area contributed by atoms with Gasteiger partial charge in [-0.15, -0.1) is 0 Å². The van der Waals surface area contributed by atoms with Crippen LogP contribution in [-0.2, 0) is 4.43 Å². The lowest BCUT2D eigenvalue weighted by Crippen LogP contribution is -2.51. The minimum absolute atomic E-state index is 0.272. The zero-order valence-corrected chi connectivity index (χ0v) is 13.2. The van der Waals surface area contributed by atoms with E-state index in [0.717, 1.165) is 6.54 Å². The molecule has 0 amide bonds. The molecule has 2 atom stereocenters. The number of isothiocyanates is 1. The summed E-state index contributed by atoms with van der Waals surface area (Å²) in [6.07, 6.45) is 4.25. The lowest BCUT2D eigenvalue weighted by molar-refractivity contribution is 0.142. The first-order valence-corrected chi connectivity index (χ1v) is 9.72. The summed E-state index contributed by atoms with van der Waals surface area (Å²) < 4.78 is 6.04. The molecule has 0 radical (unpaired) electrons. The molecule has 1 heterocycles. The van der Waals surface area contributed by atoms with Crippen LogP contribution in [0.2, 0.25) is 19.6 Å². The van der Waals surface area contributed by atoms with Gasteiger partial charge in [0.25, 0.3) is 0 Å². The van der Waals surface area contributed by atoms with E-state index in [1.165, 1.54) is 0 Å². The van der Waals surface area contributed by atoms with E-state index in [2.05, 4.69) is 53.9 Å². The van der Waals surface area contributed by atoms with Crippen molar-refractivity contribution >= 4 is 25.7 Å². The Kier molecular flexibility index (Phi) is 4.67. The second-order valence-electron chi connectivity index (χ2n) is 5.75. The zero-order chi connectivity index (χ0) is 13.1. The molecule has 0 aromatic rings. The van der Waals surface area contributed by atoms with Crippen LogP contribution in [0.3, 0.4) is 0 Å². The summed E-state index contributed by atoms with van der Waals surface area (Å²) in [6, 6.07) is 0. The summed E-state index contributed by atoms with van der Waals surface area (Å²) in [5, 5.41) is 2.55. The van der Waals surface area contributed by atoms with Crippen molar-refractivity contribution < 1.29 is 4.43 Å². The standard InChI is InChI=1S/C12H22N2OSSi/c1-11-6-7-14(2)8-12(11,13-10-16)9-15-17(3,4)5/h6-7,11H,8-9H2,1-5H3. The molecule has 0 saturated carbocycles. The minimum Gasteiger partial charge on any atom is -0.415 e. The number of rotatable bonds is 4. The van der Waals surface area contributed by atoms with E-state index < -0.39 is 8.32 Å². The molecule has 0 fully saturated rings. The molecule has 0 aromatic carbocycles. The van der Waals surface area contributed by atoms with Crippen LogP contribution in [0, 0.1) is 5.92 Å². The maximum absolute atomic E-state index is 6.04. The minimum atomic E-state index is -1.53. The van der Waals surface area contributed by atoms with E-state index >= 15 is 0 Å². The van der Waals surface area contributed by atoms with Crippen molar-refractivity contribution in [3.63, 3.8) is 0 Å². The van der Waals surface area contributed by atoms with Crippen LogP contribution in [0.5, 0.6) is 0 Å². The van der Waals surface area contributed by atoms with E-state index in [9.17, 15) is 0 Å². The molecule has 0 aromatic heterocycles. The lowest BCUT2D eigenvalue weighted by atomic mass is 9.84. The van der Waals surface area contributed by atoms with Gasteiger partial charge in [-0.05, 0) is 38.1 Å². The predicted molar refractivity (Wildman–Crippen MR) is 78.0 cm³/mol. The van der Waals surface area contributed by atoms with Gasteiger partial charge in [-0.25, -0.2) is 4.99 Å². The third kappa shape index (κ3) is 4.03. The van der Waals surface area contributed by atoms with E-state index in [0.29, 0.717) is 12.5 Å². The van der Waals surface area contributed by atoms with Crippen molar-refractivity contribution in [3.05, 3.63) is 12.3 Å². The van der Waals surface area contributed by atoms with Crippen LogP contribution in [0.15, 0.2) is 17.3 Å². The van der Waals surface area contributed by atoms with Gasteiger partial charge in [-0.1, -0.05) is 13.0 Å². The average Bonchev–Trinajstić information content (AvgIpc) is 2.20. The molecule has 5 heteroatoms. The molecule has 0 bridgehead atoms. The molecule has 3 nitrogen and oxygen atoms in total. The first-order valence-electron chi connectivity index (χ1n) is 5.91. The van der Waals surface area contributed by atoms with Crippen molar-refractivity contribution in [1.82, 2.24) is 4.90 Å². The maximum Gasteiger partial charge on any atom is 0.183 e. The third-order valence-corrected chi connectivity index (χ3v) is 4.13. The Balaban J connectivity index is 2.89. The first kappa shape index (κ1) is 14.6. The molecule has 0 aliphatic carbocycles. The Morgan fingerprint density at radius 3 is 2.76 bits per heavy atom. The van der Waals surface area contributed by atoms with Crippen molar-refractivity contribution in [2.45, 2.75) is 32.1 Å². The molecule has 1 rings (SSSR count). The highest BCUT2D eigenvalue weighted by Crippen LogP contribution is 2.29. The Hall–Kier alpha value is -0.483. The highest BCUT2D eigenvalue weighted by atomic mass is 32.1. The van der Waals surface area contributed by atoms with Crippen molar-refractivity contribution in [1.29, 1.82) is 0 Å². The first-order chi connectivity index (χ1) is 7.79. The van der Waals surface area contributed by atoms with Crippen LogP contribution in [0.1, 0.15) is 6.92 Å². The quantitative estimate of drug-likeness (QED) is 0.446. The van der Waals surface area contributed by atoms with Gasteiger partial charge in [-0.3, -0.25) is 0 Å². The molecular weight excluding hydrogens is 248 g/mol. The van der Waals surface area contributed by atoms with Gasteiger partial charge < -0.3 is 9.33 Å². The summed E-state index contributed by atoms with van der Waals surface area (Å²) in [4.78, 5) is 6.55. The molecule has 0 spiro atoms. The Bertz CT molecular complexity index is 347. The second kappa shape index (κ2) is 5.44. The van der Waals surface area contributed by atoms with E-state index in [1.807, 2.05) is 7.05 Å². The van der Waals surface area contributed by atoms with E-state index in [4.69, 9.17) is 16.6 Å². The van der Waals surface area contributed by atoms with Gasteiger partial charge in [0.05, 0.1) is 11.8 Å². The summed E-state index contributed by atoms with van der Waals surface area (Å²) in [5.74, 6) is 0.325. The zero-order valence-electron chi connectivity index (χ0n) is 11.4. The van der Waals surface area contributed by atoms with Gasteiger partial charge >= 0.3 is 0 Å². The highest BCUT2D eigenvalue weighted by molar-refractivity contribution is 7.78. The normalized spacial score (nSPS) is 29.0. The fourth-order valence-corrected chi connectivity index (χ4v) is 2.73. The van der Waals surface area contributed by atoms with Gasteiger partial charge in [0.2, 0.25) is 0 Å². The number of nitrogens with zero attached hydrogens (tertiary/aromatic N) is 2. The summed E-state index contributed by atoms with van der Waals surface area (Å²) in [5.41, 5.74) is -0.272. The Morgan fingerprint density at radius 1 is 1.59 bits per heavy atom. The van der Waals surface area contributed by atoms with E-state index in [-0.39, 0.29) is 5.54 Å². The molecule has 17 heavy (non-hydrogen) atoms. The van der Waals surface area contributed by atoms with Crippen LogP contribution in [0.25, 0.3) is 0 Å². The van der Waals surface area contributed by atoms with Crippen molar-refractivity contribution in [3.8, 4) is 0 Å². The lowest BCUT2D eigenvalue weighted by Gasteiger charge is -2.40. The van der Waals surface area contributed by atoms with Crippen molar-refractivity contribution in [2.24, 2.45) is 10.9 Å². The van der Waals surface area contributed by atoms with Crippen LogP contribution < -0.4 is 0 Å². The smallest absolute Gasteiger partial charge is 0.183 e. The molecular formula is C12H22N2OSSi. The molecule has 0 saturated heterocycles. The van der Waals surface area contributed by atoms with Gasteiger partial charge in [0.15, 0.2) is 8.32 Å².